The van der Waals surface area contributed by atoms with Crippen molar-refractivity contribution >= 4 is 27.5 Å². The van der Waals surface area contributed by atoms with Gasteiger partial charge in [0.05, 0.1) is 12.6 Å². The number of hydrogen-bond acceptors (Lipinski definition) is 3. The Morgan fingerprint density at radius 2 is 2.25 bits per heavy atom. The summed E-state index contributed by atoms with van der Waals surface area (Å²) in [5.41, 5.74) is 2.20. The van der Waals surface area contributed by atoms with Gasteiger partial charge in [-0.3, -0.25) is 0 Å². The Kier molecular flexibility index (Phi) is 4.06. The molecule has 106 valence electrons. The summed E-state index contributed by atoms with van der Waals surface area (Å²) in [6.45, 7) is 3.60. The average molecular weight is 357 g/mol. The maximum absolute atomic E-state index is 6.24. The quantitative estimate of drug-likeness (QED) is 0.885. The highest BCUT2D eigenvalue weighted by Crippen LogP contribution is 2.39. The van der Waals surface area contributed by atoms with Gasteiger partial charge in [-0.05, 0) is 52.3 Å². The molecule has 0 aliphatic carbocycles. The molecule has 1 aromatic carbocycles. The molecular formula is C15H15BrClNO2. The van der Waals surface area contributed by atoms with Crippen LogP contribution in [-0.2, 0) is 6.42 Å². The first-order valence-electron chi connectivity index (χ1n) is 6.62. The van der Waals surface area contributed by atoms with Crippen molar-refractivity contribution < 1.29 is 9.15 Å². The van der Waals surface area contributed by atoms with Crippen molar-refractivity contribution in [2.75, 3.05) is 13.2 Å². The van der Waals surface area contributed by atoms with E-state index in [4.69, 9.17) is 20.8 Å². The molecule has 5 heteroatoms. The summed E-state index contributed by atoms with van der Waals surface area (Å²) in [6, 6.07) is 7.73. The lowest BCUT2D eigenvalue weighted by Crippen LogP contribution is -2.22. The molecule has 2 aromatic rings. The van der Waals surface area contributed by atoms with E-state index in [-0.39, 0.29) is 6.04 Å². The summed E-state index contributed by atoms with van der Waals surface area (Å²) in [6.07, 6.45) is 0.906. The fraction of sp³-hybridized carbons (Fsp3) is 0.333. The van der Waals surface area contributed by atoms with Crippen LogP contribution < -0.4 is 10.1 Å². The average Bonchev–Trinajstić information content (AvgIpc) is 3.03. The highest BCUT2D eigenvalue weighted by atomic mass is 79.9. The first-order chi connectivity index (χ1) is 9.69. The van der Waals surface area contributed by atoms with Gasteiger partial charge in [0.15, 0.2) is 4.67 Å². The second kappa shape index (κ2) is 5.80. The van der Waals surface area contributed by atoms with E-state index in [1.807, 2.05) is 24.3 Å². The molecule has 2 heterocycles. The monoisotopic (exact) mass is 355 g/mol. The van der Waals surface area contributed by atoms with Crippen LogP contribution in [-0.4, -0.2) is 13.2 Å². The van der Waals surface area contributed by atoms with Crippen LogP contribution in [0, 0.1) is 0 Å². The number of hydrogen-bond donors (Lipinski definition) is 1. The molecule has 3 rings (SSSR count). The summed E-state index contributed by atoms with van der Waals surface area (Å²) in [7, 11) is 0. The third-order valence-electron chi connectivity index (χ3n) is 3.37. The Morgan fingerprint density at radius 3 is 2.95 bits per heavy atom. The number of benzene rings is 1. The summed E-state index contributed by atoms with van der Waals surface area (Å²) >= 11 is 9.59. The number of ether oxygens (including phenoxy) is 1. The molecule has 1 unspecified atom stereocenters. The highest BCUT2D eigenvalue weighted by molar-refractivity contribution is 9.10. The number of fused-ring (bicyclic) bond motifs is 1. The fourth-order valence-electron chi connectivity index (χ4n) is 2.56. The first kappa shape index (κ1) is 14.0. The second-order valence-electron chi connectivity index (χ2n) is 4.71. The molecule has 1 aromatic heterocycles. The molecule has 0 saturated carbocycles. The summed E-state index contributed by atoms with van der Waals surface area (Å²) < 4.78 is 12.2. The summed E-state index contributed by atoms with van der Waals surface area (Å²) in [5, 5.41) is 4.17. The maximum atomic E-state index is 6.24. The normalized spacial score (nSPS) is 14.9. The van der Waals surface area contributed by atoms with Crippen LogP contribution in [0.2, 0.25) is 5.02 Å². The van der Waals surface area contributed by atoms with Gasteiger partial charge in [0.2, 0.25) is 0 Å². The summed E-state index contributed by atoms with van der Waals surface area (Å²) in [4.78, 5) is 0. The zero-order valence-electron chi connectivity index (χ0n) is 11.1. The molecule has 0 fully saturated rings. The zero-order chi connectivity index (χ0) is 14.1. The molecule has 0 amide bonds. The molecule has 0 saturated heterocycles. The van der Waals surface area contributed by atoms with Crippen LogP contribution in [0.15, 0.2) is 33.4 Å². The van der Waals surface area contributed by atoms with Crippen molar-refractivity contribution in [3.63, 3.8) is 0 Å². The molecule has 0 spiro atoms. The van der Waals surface area contributed by atoms with E-state index in [1.165, 1.54) is 5.56 Å². The Labute approximate surface area is 131 Å². The van der Waals surface area contributed by atoms with Gasteiger partial charge >= 0.3 is 0 Å². The van der Waals surface area contributed by atoms with E-state index in [2.05, 4.69) is 28.2 Å². The number of nitrogens with one attached hydrogen (secondary N) is 1. The predicted octanol–water partition coefficient (Wildman–Crippen LogP) is 4.33. The standard InChI is InChI=1S/C15H15BrClNO2/c1-2-18-14(12-3-4-13(16)20-12)11-8-10(17)7-9-5-6-19-15(9)11/h3-4,7-8,14,18H,2,5-6H2,1H3. The lowest BCUT2D eigenvalue weighted by molar-refractivity contribution is 0.346. The largest absolute Gasteiger partial charge is 0.493 e. The minimum absolute atomic E-state index is 0.0585. The third-order valence-corrected chi connectivity index (χ3v) is 4.02. The Balaban J connectivity index is 2.08. The van der Waals surface area contributed by atoms with Gasteiger partial charge in [-0.15, -0.1) is 0 Å². The highest BCUT2D eigenvalue weighted by Gasteiger charge is 2.26. The molecule has 1 atom stereocenters. The van der Waals surface area contributed by atoms with E-state index >= 15 is 0 Å². The minimum Gasteiger partial charge on any atom is -0.493 e. The van der Waals surface area contributed by atoms with Crippen LogP contribution in [0.5, 0.6) is 5.75 Å². The topological polar surface area (TPSA) is 34.4 Å². The lowest BCUT2D eigenvalue weighted by Gasteiger charge is -2.19. The van der Waals surface area contributed by atoms with Gasteiger partial charge in [0.1, 0.15) is 11.5 Å². The maximum Gasteiger partial charge on any atom is 0.169 e. The molecule has 1 aliphatic heterocycles. The Hall–Kier alpha value is -0.970. The number of rotatable bonds is 4. The molecule has 0 bridgehead atoms. The van der Waals surface area contributed by atoms with Crippen LogP contribution in [0.1, 0.15) is 29.9 Å². The number of halogens is 2. The zero-order valence-corrected chi connectivity index (χ0v) is 13.4. The summed E-state index contributed by atoms with van der Waals surface area (Å²) in [5.74, 6) is 1.78. The van der Waals surface area contributed by atoms with E-state index in [0.717, 1.165) is 39.7 Å². The van der Waals surface area contributed by atoms with Crippen LogP contribution >= 0.6 is 27.5 Å². The van der Waals surface area contributed by atoms with Crippen LogP contribution in [0.3, 0.4) is 0 Å². The van der Waals surface area contributed by atoms with Gasteiger partial charge in [0, 0.05) is 17.0 Å². The van der Waals surface area contributed by atoms with Crippen molar-refractivity contribution in [1.29, 1.82) is 0 Å². The first-order valence-corrected chi connectivity index (χ1v) is 7.80. The van der Waals surface area contributed by atoms with Crippen LogP contribution in [0.4, 0.5) is 0 Å². The van der Waals surface area contributed by atoms with Gasteiger partial charge < -0.3 is 14.5 Å². The smallest absolute Gasteiger partial charge is 0.169 e. The van der Waals surface area contributed by atoms with Gasteiger partial charge in [0.25, 0.3) is 0 Å². The van der Waals surface area contributed by atoms with E-state index in [9.17, 15) is 0 Å². The van der Waals surface area contributed by atoms with Crippen molar-refractivity contribution in [2.24, 2.45) is 0 Å². The van der Waals surface area contributed by atoms with E-state index < -0.39 is 0 Å². The van der Waals surface area contributed by atoms with Crippen LogP contribution in [0.25, 0.3) is 0 Å². The molecule has 0 radical (unpaired) electrons. The predicted molar refractivity (Wildman–Crippen MR) is 82.6 cm³/mol. The number of furan rings is 1. The second-order valence-corrected chi connectivity index (χ2v) is 5.93. The Bertz CT molecular complexity index is 626. The minimum atomic E-state index is -0.0585. The Morgan fingerprint density at radius 1 is 1.40 bits per heavy atom. The van der Waals surface area contributed by atoms with Gasteiger partial charge in [-0.1, -0.05) is 18.5 Å². The molecule has 20 heavy (non-hydrogen) atoms. The van der Waals surface area contributed by atoms with E-state index in [1.54, 1.807) is 0 Å². The fourth-order valence-corrected chi connectivity index (χ4v) is 3.13. The van der Waals surface area contributed by atoms with Crippen molar-refractivity contribution in [3.05, 3.63) is 50.8 Å². The van der Waals surface area contributed by atoms with Crippen molar-refractivity contribution in [3.8, 4) is 5.75 Å². The molecular weight excluding hydrogens is 342 g/mol. The third kappa shape index (κ3) is 2.60. The molecule has 1 N–H and O–H groups in total. The molecule has 3 nitrogen and oxygen atoms in total. The molecule has 1 aliphatic rings. The van der Waals surface area contributed by atoms with Crippen molar-refractivity contribution in [2.45, 2.75) is 19.4 Å². The SMILES string of the molecule is CCNC(c1ccc(Br)o1)c1cc(Cl)cc2c1OCC2. The van der Waals surface area contributed by atoms with Crippen molar-refractivity contribution in [1.82, 2.24) is 5.32 Å². The lowest BCUT2D eigenvalue weighted by atomic mass is 10.00. The van der Waals surface area contributed by atoms with E-state index in [0.29, 0.717) is 6.61 Å². The van der Waals surface area contributed by atoms with Gasteiger partial charge in [-0.2, -0.15) is 0 Å². The van der Waals surface area contributed by atoms with Gasteiger partial charge in [-0.25, -0.2) is 0 Å².